The number of aryl methyl sites for hydroxylation is 2. The molecule has 1 N–H and O–H groups in total. The van der Waals surface area contributed by atoms with Gasteiger partial charge in [0.15, 0.2) is 8.32 Å². The highest BCUT2D eigenvalue weighted by atomic mass is 31.1. The molecule has 2 aromatic rings. The summed E-state index contributed by atoms with van der Waals surface area (Å²) in [6, 6.07) is 20.8. The van der Waals surface area contributed by atoms with Gasteiger partial charge in [0.05, 0.1) is 37.3 Å². The number of hydrogen-bond acceptors (Lipinski definition) is 8. The molecule has 2 saturated carbocycles. The van der Waals surface area contributed by atoms with Crippen LogP contribution in [0.5, 0.6) is 0 Å². The van der Waals surface area contributed by atoms with Crippen molar-refractivity contribution >= 4 is 69.4 Å². The first-order valence-electron chi connectivity index (χ1n) is 20.5. The number of aliphatic hydroxyl groups excluding tert-OH is 1. The third-order valence-electron chi connectivity index (χ3n) is 12.3. The van der Waals surface area contributed by atoms with Crippen molar-refractivity contribution in [3.8, 4) is 0 Å². The lowest BCUT2D eigenvalue weighted by atomic mass is 9.91. The first-order valence-corrected chi connectivity index (χ1v) is 26.1. The van der Waals surface area contributed by atoms with E-state index >= 15 is 0 Å². The topological polar surface area (TPSA) is 101 Å². The number of carbonyl (C=O) groups excluding carboxylic acids is 2. The lowest BCUT2D eigenvalue weighted by molar-refractivity contribution is -0.142. The third-order valence-corrected chi connectivity index (χ3v) is 17.4. The van der Waals surface area contributed by atoms with Crippen molar-refractivity contribution in [1.82, 2.24) is 0 Å². The molecule has 8 nitrogen and oxygen atoms in total. The molecule has 0 bridgehead atoms. The van der Waals surface area contributed by atoms with Crippen LogP contribution in [0, 0.1) is 23.7 Å². The molecular weight excluding hydrogens is 806 g/mol. The second kappa shape index (κ2) is 21.5. The maximum absolute atomic E-state index is 11.9. The highest BCUT2D eigenvalue weighted by Crippen LogP contribution is 2.46. The zero-order valence-electron chi connectivity index (χ0n) is 34.3. The molecule has 6 rings (SSSR count). The molecule has 57 heavy (non-hydrogen) atoms. The summed E-state index contributed by atoms with van der Waals surface area (Å²) in [6.07, 6.45) is 13.7. The third kappa shape index (κ3) is 13.9. The van der Waals surface area contributed by atoms with Crippen LogP contribution in [0.3, 0.4) is 0 Å². The molecule has 0 aromatic heterocycles. The molecule has 2 aromatic carbocycles. The number of aliphatic hydroxyl groups is 1. The van der Waals surface area contributed by atoms with E-state index < -0.39 is 14.4 Å². The molecule has 310 valence electrons. The van der Waals surface area contributed by atoms with E-state index in [-0.39, 0.29) is 83.9 Å². The number of carbonyl (C=O) groups is 2. The Bertz CT molecular complexity index is 1650. The van der Waals surface area contributed by atoms with Crippen molar-refractivity contribution < 1.29 is 37.9 Å². The van der Waals surface area contributed by atoms with Crippen molar-refractivity contribution in [2.75, 3.05) is 0 Å². The first-order chi connectivity index (χ1) is 27.0. The SMILES string of the molecule is CC(C)(C)[Si](C)(C)O[C@H](/C=C/[C@@H]1[C@H]2CC(=O)O[C@H]2C[C@H]1OB(P)P)CCc1ccccc1.O=C1C[C@@H]2[C@@H](/C=C/C(O)CCc3ccccc3)[C@H](OB(P)P)C[C@@H]2O1. The summed E-state index contributed by atoms with van der Waals surface area (Å²) in [6.45, 7) is 11.5. The standard InChI is InChI=1S/C24H39BO4P2Si.C18H25BO4P2/c1-24(2,3)32(4,5)29-18(12-11-17-9-7-6-8-10-17)13-14-19-20-15-23(26)27-21(20)16-22(19)28-25(30)31;20-13(7-6-12-4-2-1-3-5-12)8-9-14-15-10-18(21)22-16(15)11-17(14)23-19(24)25/h6-10,13-14,18-22H,11-12,15-16,30-31H2,1-5H3;1-5,8-9,13-17,20H,6-7,10-11,24-25H2/b14-13+;9-8+/t18-,19+,20+,21-,22+;13?,14-,15-,16+,17-/m01/s1. The Hall–Kier alpha value is -1.23. The van der Waals surface area contributed by atoms with Crippen molar-refractivity contribution in [1.29, 1.82) is 0 Å². The predicted octanol–water partition coefficient (Wildman–Crippen LogP) is 8.25. The summed E-state index contributed by atoms with van der Waals surface area (Å²) < 4.78 is 29.9. The zero-order valence-corrected chi connectivity index (χ0v) is 39.9. The number of rotatable bonds is 16. The minimum atomic E-state index is -1.93. The van der Waals surface area contributed by atoms with Crippen LogP contribution in [0.1, 0.15) is 70.4 Å². The van der Waals surface area contributed by atoms with E-state index in [9.17, 15) is 14.7 Å². The summed E-state index contributed by atoms with van der Waals surface area (Å²) in [5, 5.41) is 10.4. The van der Waals surface area contributed by atoms with Crippen molar-refractivity contribution in [3.63, 3.8) is 0 Å². The minimum Gasteiger partial charge on any atom is -0.462 e. The molecule has 4 fully saturated rings. The van der Waals surface area contributed by atoms with E-state index in [0.29, 0.717) is 19.3 Å². The second-order valence-electron chi connectivity index (χ2n) is 17.5. The molecule has 0 amide bonds. The van der Waals surface area contributed by atoms with E-state index in [2.05, 4.69) is 125 Å². The quantitative estimate of drug-likeness (QED) is 0.0780. The van der Waals surface area contributed by atoms with E-state index in [4.69, 9.17) is 23.2 Å². The summed E-state index contributed by atoms with van der Waals surface area (Å²) in [5.74, 6) is 0.417. The summed E-state index contributed by atoms with van der Waals surface area (Å²) in [5.41, 5.74) is 2.55. The monoisotopic (exact) mass is 870 g/mol. The van der Waals surface area contributed by atoms with Crippen LogP contribution in [0.2, 0.25) is 18.1 Å². The van der Waals surface area contributed by atoms with E-state index in [0.717, 1.165) is 32.1 Å². The van der Waals surface area contributed by atoms with Gasteiger partial charge in [-0.05, 0) is 54.9 Å². The van der Waals surface area contributed by atoms with Gasteiger partial charge in [0.2, 0.25) is 0 Å². The van der Waals surface area contributed by atoms with Gasteiger partial charge in [0, 0.05) is 36.5 Å². The summed E-state index contributed by atoms with van der Waals surface area (Å²) >= 11 is 0. The van der Waals surface area contributed by atoms with Gasteiger partial charge >= 0.3 is 24.6 Å². The number of esters is 2. The minimum absolute atomic E-state index is 0.0113. The van der Waals surface area contributed by atoms with Gasteiger partial charge in [-0.2, -0.15) is 0 Å². The fourth-order valence-electron chi connectivity index (χ4n) is 8.29. The number of benzene rings is 2. The van der Waals surface area contributed by atoms with Crippen LogP contribution < -0.4 is 0 Å². The van der Waals surface area contributed by atoms with Gasteiger partial charge in [-0.25, -0.2) is 0 Å². The molecule has 0 radical (unpaired) electrons. The Morgan fingerprint density at radius 3 is 1.63 bits per heavy atom. The largest absolute Gasteiger partial charge is 0.462 e. The van der Waals surface area contributed by atoms with Crippen LogP contribution >= 0.6 is 36.5 Å². The normalized spacial score (nSPS) is 28.1. The maximum Gasteiger partial charge on any atom is 0.336 e. The predicted molar refractivity (Wildman–Crippen MR) is 248 cm³/mol. The van der Waals surface area contributed by atoms with Crippen molar-refractivity contribution in [2.24, 2.45) is 23.7 Å². The average Bonchev–Trinajstić information content (AvgIpc) is 3.86. The average molecular weight is 871 g/mol. The Balaban J connectivity index is 0.000000224. The molecular formula is C42H64B2O8P4Si. The molecule has 2 heterocycles. The first kappa shape index (κ1) is 46.8. The Morgan fingerprint density at radius 1 is 0.754 bits per heavy atom. The highest BCUT2D eigenvalue weighted by Gasteiger charge is 2.51. The molecule has 2 aliphatic carbocycles. The Labute approximate surface area is 352 Å². The smallest absolute Gasteiger partial charge is 0.336 e. The van der Waals surface area contributed by atoms with Gasteiger partial charge in [-0.3, -0.25) is 9.59 Å². The van der Waals surface area contributed by atoms with Crippen molar-refractivity contribution in [3.05, 3.63) is 96.1 Å². The van der Waals surface area contributed by atoms with E-state index in [1.807, 2.05) is 30.4 Å². The molecule has 2 saturated heterocycles. The van der Waals surface area contributed by atoms with Crippen LogP contribution in [-0.2, 0) is 45.6 Å². The Morgan fingerprint density at radius 2 is 1.19 bits per heavy atom. The molecule has 15 heteroatoms. The lowest BCUT2D eigenvalue weighted by Gasteiger charge is -2.39. The van der Waals surface area contributed by atoms with Gasteiger partial charge in [0.1, 0.15) is 12.2 Å². The van der Waals surface area contributed by atoms with Crippen LogP contribution in [0.4, 0.5) is 0 Å². The molecule has 14 atom stereocenters. The molecule has 5 unspecified atom stereocenters. The second-order valence-corrected chi connectivity index (χ2v) is 26.4. The van der Waals surface area contributed by atoms with Gasteiger partial charge in [-0.15, -0.1) is 36.5 Å². The van der Waals surface area contributed by atoms with Crippen LogP contribution in [-0.4, -0.2) is 74.7 Å². The fraction of sp³-hybridized carbons (Fsp3) is 0.571. The summed E-state index contributed by atoms with van der Waals surface area (Å²) in [7, 11) is 8.65. The molecule has 4 aliphatic rings. The van der Waals surface area contributed by atoms with Gasteiger partial charge < -0.3 is 28.3 Å². The Kier molecular flexibility index (Phi) is 17.7. The van der Waals surface area contributed by atoms with Gasteiger partial charge in [0.25, 0.3) is 0 Å². The molecule has 2 aliphatic heterocycles. The van der Waals surface area contributed by atoms with E-state index in [1.54, 1.807) is 0 Å². The molecule has 0 spiro atoms. The fourth-order valence-corrected chi connectivity index (χ4v) is 10.4. The zero-order chi connectivity index (χ0) is 41.3. The maximum atomic E-state index is 11.9. The van der Waals surface area contributed by atoms with Gasteiger partial charge in [-0.1, -0.05) is 106 Å². The lowest BCUT2D eigenvalue weighted by Crippen LogP contribution is -2.43. The number of ether oxygens (including phenoxy) is 2. The number of hydrogen-bond donors (Lipinski definition) is 1. The summed E-state index contributed by atoms with van der Waals surface area (Å²) in [4.78, 5) is 23.5. The highest BCUT2D eigenvalue weighted by molar-refractivity contribution is 7.92. The van der Waals surface area contributed by atoms with Crippen LogP contribution in [0.25, 0.3) is 0 Å². The van der Waals surface area contributed by atoms with Crippen molar-refractivity contribution in [2.45, 2.75) is 127 Å². The van der Waals surface area contributed by atoms with Crippen LogP contribution in [0.15, 0.2) is 85.0 Å². The number of fused-ring (bicyclic) bond motifs is 2. The van der Waals surface area contributed by atoms with E-state index in [1.165, 1.54) is 11.1 Å².